The number of amides is 1. The first-order chi connectivity index (χ1) is 9.58. The Morgan fingerprint density at radius 2 is 1.85 bits per heavy atom. The van der Waals surface area contributed by atoms with E-state index in [1.807, 2.05) is 43.3 Å². The van der Waals surface area contributed by atoms with Crippen molar-refractivity contribution in [1.82, 2.24) is 5.32 Å². The maximum atomic E-state index is 12.1. The molecular formula is C17H28N2O. The second kappa shape index (κ2) is 8.62. The van der Waals surface area contributed by atoms with Gasteiger partial charge in [-0.05, 0) is 36.6 Å². The van der Waals surface area contributed by atoms with Crippen LogP contribution in [0.5, 0.6) is 0 Å². The van der Waals surface area contributed by atoms with Crippen LogP contribution in [-0.2, 0) is 0 Å². The van der Waals surface area contributed by atoms with Gasteiger partial charge in [-0.1, -0.05) is 33.1 Å². The first kappa shape index (κ1) is 16.5. The Morgan fingerprint density at radius 3 is 2.35 bits per heavy atom. The summed E-state index contributed by atoms with van der Waals surface area (Å²) in [6.07, 6.45) is 4.79. The third-order valence-corrected chi connectivity index (χ3v) is 3.74. The van der Waals surface area contributed by atoms with Gasteiger partial charge in [-0.3, -0.25) is 4.79 Å². The first-order valence-electron chi connectivity index (χ1n) is 7.64. The van der Waals surface area contributed by atoms with Gasteiger partial charge >= 0.3 is 0 Å². The van der Waals surface area contributed by atoms with Crippen molar-refractivity contribution in [3.05, 3.63) is 29.8 Å². The van der Waals surface area contributed by atoms with Crippen molar-refractivity contribution in [2.75, 3.05) is 25.5 Å². The van der Waals surface area contributed by atoms with Crippen LogP contribution in [0, 0.1) is 5.92 Å². The molecule has 112 valence electrons. The molecule has 3 nitrogen and oxygen atoms in total. The molecule has 1 atom stereocenters. The molecule has 1 rings (SSSR count). The van der Waals surface area contributed by atoms with Crippen molar-refractivity contribution in [3.63, 3.8) is 0 Å². The number of carbonyl (C=O) groups excluding carboxylic acids is 1. The Bertz CT molecular complexity index is 398. The third-order valence-electron chi connectivity index (χ3n) is 3.74. The van der Waals surface area contributed by atoms with E-state index in [9.17, 15) is 4.79 Å². The van der Waals surface area contributed by atoms with Gasteiger partial charge in [-0.2, -0.15) is 0 Å². The van der Waals surface area contributed by atoms with E-state index in [-0.39, 0.29) is 5.91 Å². The summed E-state index contributed by atoms with van der Waals surface area (Å²) in [5.41, 5.74) is 1.84. The van der Waals surface area contributed by atoms with Crippen molar-refractivity contribution < 1.29 is 4.79 Å². The van der Waals surface area contributed by atoms with E-state index in [0.717, 1.165) is 24.2 Å². The lowest BCUT2D eigenvalue weighted by Crippen LogP contribution is -2.29. The molecule has 0 spiro atoms. The van der Waals surface area contributed by atoms with E-state index in [1.165, 1.54) is 19.3 Å². The number of carbonyl (C=O) groups is 1. The van der Waals surface area contributed by atoms with E-state index in [0.29, 0.717) is 5.92 Å². The van der Waals surface area contributed by atoms with Gasteiger partial charge < -0.3 is 10.2 Å². The largest absolute Gasteiger partial charge is 0.378 e. The molecule has 1 aromatic carbocycles. The second-order valence-corrected chi connectivity index (χ2v) is 5.57. The molecule has 0 aliphatic rings. The number of unbranched alkanes of at least 4 members (excludes halogenated alkanes) is 1. The third kappa shape index (κ3) is 5.24. The first-order valence-corrected chi connectivity index (χ1v) is 7.64. The maximum Gasteiger partial charge on any atom is 0.251 e. The molecule has 0 heterocycles. The SMILES string of the molecule is CCCCC(CC)CNC(=O)c1ccc(N(C)C)cc1. The number of nitrogens with zero attached hydrogens (tertiary/aromatic N) is 1. The van der Waals surface area contributed by atoms with Crippen LogP contribution in [0.3, 0.4) is 0 Å². The quantitative estimate of drug-likeness (QED) is 0.785. The van der Waals surface area contributed by atoms with Crippen LogP contribution in [0.15, 0.2) is 24.3 Å². The zero-order chi connectivity index (χ0) is 15.0. The summed E-state index contributed by atoms with van der Waals surface area (Å²) in [6.45, 7) is 5.18. The number of anilines is 1. The Labute approximate surface area is 123 Å². The number of benzene rings is 1. The van der Waals surface area contributed by atoms with E-state index < -0.39 is 0 Å². The monoisotopic (exact) mass is 276 g/mol. The summed E-state index contributed by atoms with van der Waals surface area (Å²) in [5.74, 6) is 0.630. The molecule has 0 saturated carbocycles. The molecule has 20 heavy (non-hydrogen) atoms. The van der Waals surface area contributed by atoms with E-state index in [2.05, 4.69) is 19.2 Å². The normalized spacial score (nSPS) is 12.0. The Hall–Kier alpha value is -1.51. The van der Waals surface area contributed by atoms with Crippen LogP contribution in [0.2, 0.25) is 0 Å². The predicted molar refractivity (Wildman–Crippen MR) is 86.4 cm³/mol. The summed E-state index contributed by atoms with van der Waals surface area (Å²) in [4.78, 5) is 14.1. The zero-order valence-electron chi connectivity index (χ0n) is 13.3. The molecule has 3 heteroatoms. The Balaban J connectivity index is 2.49. The Kier molecular flexibility index (Phi) is 7.13. The van der Waals surface area contributed by atoms with Gasteiger partial charge in [-0.15, -0.1) is 0 Å². The van der Waals surface area contributed by atoms with E-state index in [1.54, 1.807) is 0 Å². The highest BCUT2D eigenvalue weighted by Crippen LogP contribution is 2.13. The highest BCUT2D eigenvalue weighted by atomic mass is 16.1. The fourth-order valence-corrected chi connectivity index (χ4v) is 2.19. The Morgan fingerprint density at radius 1 is 1.20 bits per heavy atom. The lowest BCUT2D eigenvalue weighted by atomic mass is 9.99. The standard InChI is InChI=1S/C17H28N2O/c1-5-7-8-14(6-2)13-18-17(20)15-9-11-16(12-10-15)19(3)4/h9-12,14H,5-8,13H2,1-4H3,(H,18,20). The summed E-state index contributed by atoms with van der Waals surface area (Å²) in [5, 5.41) is 3.06. The average molecular weight is 276 g/mol. The molecule has 0 aliphatic carbocycles. The molecule has 0 aromatic heterocycles. The summed E-state index contributed by atoms with van der Waals surface area (Å²) in [7, 11) is 3.99. The average Bonchev–Trinajstić information content (AvgIpc) is 2.47. The highest BCUT2D eigenvalue weighted by molar-refractivity contribution is 5.94. The van der Waals surface area contributed by atoms with Crippen LogP contribution in [-0.4, -0.2) is 26.5 Å². The van der Waals surface area contributed by atoms with Crippen molar-refractivity contribution in [1.29, 1.82) is 0 Å². The predicted octanol–water partition coefficient (Wildman–Crippen LogP) is 3.70. The molecule has 0 radical (unpaired) electrons. The van der Waals surface area contributed by atoms with E-state index in [4.69, 9.17) is 0 Å². The van der Waals surface area contributed by atoms with Crippen LogP contribution >= 0.6 is 0 Å². The minimum atomic E-state index is 0.0326. The minimum Gasteiger partial charge on any atom is -0.378 e. The van der Waals surface area contributed by atoms with Gasteiger partial charge in [0.1, 0.15) is 0 Å². The van der Waals surface area contributed by atoms with Crippen molar-refractivity contribution in [2.45, 2.75) is 39.5 Å². The molecule has 0 saturated heterocycles. The van der Waals surface area contributed by atoms with Gasteiger partial charge in [0.15, 0.2) is 0 Å². The van der Waals surface area contributed by atoms with Gasteiger partial charge in [-0.25, -0.2) is 0 Å². The maximum absolute atomic E-state index is 12.1. The lowest BCUT2D eigenvalue weighted by Gasteiger charge is -2.16. The summed E-state index contributed by atoms with van der Waals surface area (Å²) >= 11 is 0. The molecule has 0 fully saturated rings. The van der Waals surface area contributed by atoms with Gasteiger partial charge in [0, 0.05) is 31.9 Å². The van der Waals surface area contributed by atoms with Crippen LogP contribution in [0.1, 0.15) is 49.9 Å². The van der Waals surface area contributed by atoms with Crippen molar-refractivity contribution in [3.8, 4) is 0 Å². The molecule has 1 unspecified atom stereocenters. The number of nitrogens with one attached hydrogen (secondary N) is 1. The molecular weight excluding hydrogens is 248 g/mol. The van der Waals surface area contributed by atoms with Gasteiger partial charge in [0.2, 0.25) is 0 Å². The molecule has 0 bridgehead atoms. The van der Waals surface area contributed by atoms with Gasteiger partial charge in [0.05, 0.1) is 0 Å². The molecule has 1 amide bonds. The molecule has 0 aliphatic heterocycles. The smallest absolute Gasteiger partial charge is 0.251 e. The number of hydrogen-bond donors (Lipinski definition) is 1. The highest BCUT2D eigenvalue weighted by Gasteiger charge is 2.10. The van der Waals surface area contributed by atoms with Crippen LogP contribution in [0.25, 0.3) is 0 Å². The van der Waals surface area contributed by atoms with Gasteiger partial charge in [0.25, 0.3) is 5.91 Å². The number of hydrogen-bond acceptors (Lipinski definition) is 2. The van der Waals surface area contributed by atoms with Crippen LogP contribution < -0.4 is 10.2 Å². The second-order valence-electron chi connectivity index (χ2n) is 5.57. The molecule has 1 N–H and O–H groups in total. The minimum absolute atomic E-state index is 0.0326. The number of rotatable bonds is 8. The fourth-order valence-electron chi connectivity index (χ4n) is 2.19. The van der Waals surface area contributed by atoms with Crippen molar-refractivity contribution in [2.24, 2.45) is 5.92 Å². The fraction of sp³-hybridized carbons (Fsp3) is 0.588. The topological polar surface area (TPSA) is 32.3 Å². The molecule has 1 aromatic rings. The van der Waals surface area contributed by atoms with Crippen molar-refractivity contribution >= 4 is 11.6 Å². The lowest BCUT2D eigenvalue weighted by molar-refractivity contribution is 0.0946. The van der Waals surface area contributed by atoms with E-state index >= 15 is 0 Å². The summed E-state index contributed by atoms with van der Waals surface area (Å²) in [6, 6.07) is 7.72. The van der Waals surface area contributed by atoms with Crippen LogP contribution in [0.4, 0.5) is 5.69 Å². The zero-order valence-corrected chi connectivity index (χ0v) is 13.3. The summed E-state index contributed by atoms with van der Waals surface area (Å²) < 4.78 is 0.